The van der Waals surface area contributed by atoms with Crippen molar-refractivity contribution in [1.82, 2.24) is 4.98 Å². The summed E-state index contributed by atoms with van der Waals surface area (Å²) in [5, 5.41) is 13.6. The van der Waals surface area contributed by atoms with Crippen molar-refractivity contribution in [1.29, 1.82) is 0 Å². The molecule has 0 bridgehead atoms. The van der Waals surface area contributed by atoms with Crippen LogP contribution in [-0.2, 0) is 6.54 Å². The van der Waals surface area contributed by atoms with E-state index < -0.39 is 0 Å². The minimum absolute atomic E-state index is 0.0904. The largest absolute Gasteiger partial charge is 0.506 e. The molecule has 0 fully saturated rings. The number of benzene rings is 1. The van der Waals surface area contributed by atoms with Gasteiger partial charge in [-0.1, -0.05) is 35.3 Å². The molecule has 0 aliphatic rings. The van der Waals surface area contributed by atoms with Crippen LogP contribution < -0.4 is 5.32 Å². The minimum atomic E-state index is 0.0904. The monoisotopic (exact) mass is 346 g/mol. The van der Waals surface area contributed by atoms with E-state index in [1.54, 1.807) is 24.4 Å². The van der Waals surface area contributed by atoms with Crippen LogP contribution in [0.25, 0.3) is 0 Å². The zero-order valence-electron chi connectivity index (χ0n) is 9.12. The van der Waals surface area contributed by atoms with Crippen molar-refractivity contribution in [3.63, 3.8) is 0 Å². The first-order valence-corrected chi connectivity index (χ1v) is 6.64. The van der Waals surface area contributed by atoms with Crippen LogP contribution in [0.15, 0.2) is 34.9 Å². The standard InChI is InChI=1S/C12H9BrCl2N2O/c13-9-4-8(6-17-12(9)15)16-5-7-2-1-3-10(14)11(7)18/h1-4,6,16,18H,5H2. The van der Waals surface area contributed by atoms with Crippen molar-refractivity contribution < 1.29 is 5.11 Å². The van der Waals surface area contributed by atoms with Crippen LogP contribution in [0.4, 0.5) is 5.69 Å². The van der Waals surface area contributed by atoms with Gasteiger partial charge in [0.05, 0.1) is 21.4 Å². The quantitative estimate of drug-likeness (QED) is 0.805. The van der Waals surface area contributed by atoms with Crippen molar-refractivity contribution in [2.24, 2.45) is 0 Å². The first kappa shape index (κ1) is 13.5. The molecule has 1 aromatic carbocycles. The molecular weight excluding hydrogens is 339 g/mol. The van der Waals surface area contributed by atoms with E-state index >= 15 is 0 Å². The SMILES string of the molecule is Oc1c(Cl)cccc1CNc1cnc(Cl)c(Br)c1. The number of hydrogen-bond acceptors (Lipinski definition) is 3. The number of phenolic OH excluding ortho intramolecular Hbond substituents is 1. The van der Waals surface area contributed by atoms with Gasteiger partial charge in [0.2, 0.25) is 0 Å². The highest BCUT2D eigenvalue weighted by molar-refractivity contribution is 9.10. The number of nitrogens with zero attached hydrogens (tertiary/aromatic N) is 1. The Morgan fingerprint density at radius 3 is 2.83 bits per heavy atom. The molecule has 0 spiro atoms. The number of pyridine rings is 1. The molecule has 0 unspecified atom stereocenters. The molecule has 0 atom stereocenters. The molecule has 3 nitrogen and oxygen atoms in total. The molecule has 0 radical (unpaired) electrons. The second kappa shape index (κ2) is 5.78. The number of aromatic nitrogens is 1. The molecule has 0 aliphatic carbocycles. The number of phenols is 1. The van der Waals surface area contributed by atoms with E-state index in [0.717, 1.165) is 5.69 Å². The fraction of sp³-hybridized carbons (Fsp3) is 0.0833. The summed E-state index contributed by atoms with van der Waals surface area (Å²) in [4.78, 5) is 4.00. The van der Waals surface area contributed by atoms with Gasteiger partial charge < -0.3 is 10.4 Å². The van der Waals surface area contributed by atoms with Gasteiger partial charge in [0.25, 0.3) is 0 Å². The van der Waals surface area contributed by atoms with Gasteiger partial charge in [-0.15, -0.1) is 0 Å². The van der Waals surface area contributed by atoms with E-state index in [9.17, 15) is 5.11 Å². The number of anilines is 1. The second-order valence-electron chi connectivity index (χ2n) is 3.60. The zero-order valence-corrected chi connectivity index (χ0v) is 12.2. The average molecular weight is 348 g/mol. The van der Waals surface area contributed by atoms with E-state index in [2.05, 4.69) is 26.2 Å². The molecule has 2 rings (SSSR count). The number of aromatic hydroxyl groups is 1. The highest BCUT2D eigenvalue weighted by Crippen LogP contribution is 2.28. The van der Waals surface area contributed by atoms with Crippen LogP contribution in [-0.4, -0.2) is 10.1 Å². The first-order chi connectivity index (χ1) is 8.58. The zero-order chi connectivity index (χ0) is 13.1. The molecule has 2 N–H and O–H groups in total. The molecule has 1 heterocycles. The summed E-state index contributed by atoms with van der Waals surface area (Å²) in [6, 6.07) is 7.04. The number of rotatable bonds is 3. The van der Waals surface area contributed by atoms with Gasteiger partial charge in [-0.05, 0) is 28.1 Å². The van der Waals surface area contributed by atoms with Gasteiger partial charge in [-0.25, -0.2) is 4.98 Å². The van der Waals surface area contributed by atoms with E-state index in [-0.39, 0.29) is 5.75 Å². The molecular formula is C12H9BrCl2N2O. The molecule has 0 saturated heterocycles. The first-order valence-electron chi connectivity index (χ1n) is 5.09. The third kappa shape index (κ3) is 3.07. The van der Waals surface area contributed by atoms with Crippen LogP contribution in [0.5, 0.6) is 5.75 Å². The molecule has 6 heteroatoms. The summed E-state index contributed by atoms with van der Waals surface area (Å²) < 4.78 is 0.712. The van der Waals surface area contributed by atoms with Crippen molar-refractivity contribution >= 4 is 44.8 Å². The second-order valence-corrected chi connectivity index (χ2v) is 5.22. The normalized spacial score (nSPS) is 10.4. The molecule has 0 amide bonds. The summed E-state index contributed by atoms with van der Waals surface area (Å²) >= 11 is 14.9. The van der Waals surface area contributed by atoms with E-state index in [1.165, 1.54) is 0 Å². The average Bonchev–Trinajstić information content (AvgIpc) is 2.35. The lowest BCUT2D eigenvalue weighted by atomic mass is 10.2. The van der Waals surface area contributed by atoms with Crippen molar-refractivity contribution in [2.45, 2.75) is 6.54 Å². The summed E-state index contributed by atoms with van der Waals surface area (Å²) in [5.74, 6) is 0.0904. The fourth-order valence-electron chi connectivity index (χ4n) is 1.42. The van der Waals surface area contributed by atoms with Gasteiger partial charge in [0, 0.05) is 12.1 Å². The molecule has 2 aromatic rings. The lowest BCUT2D eigenvalue weighted by Crippen LogP contribution is -2.00. The summed E-state index contributed by atoms with van der Waals surface area (Å²) in [6.07, 6.45) is 1.62. The van der Waals surface area contributed by atoms with Gasteiger partial charge in [-0.3, -0.25) is 0 Å². The van der Waals surface area contributed by atoms with Crippen LogP contribution in [0, 0.1) is 0 Å². The Balaban J connectivity index is 2.11. The Hall–Kier alpha value is -0.970. The number of nitrogens with one attached hydrogen (secondary N) is 1. The van der Waals surface area contributed by atoms with E-state index in [4.69, 9.17) is 23.2 Å². The maximum Gasteiger partial charge on any atom is 0.143 e. The summed E-state index contributed by atoms with van der Waals surface area (Å²) in [5.41, 5.74) is 1.51. The lowest BCUT2D eigenvalue weighted by molar-refractivity contribution is 0.469. The van der Waals surface area contributed by atoms with Crippen molar-refractivity contribution in [2.75, 3.05) is 5.32 Å². The van der Waals surface area contributed by atoms with Crippen LogP contribution in [0.3, 0.4) is 0 Å². The third-order valence-corrected chi connectivity index (χ3v) is 3.79. The molecule has 0 aliphatic heterocycles. The Bertz CT molecular complexity index is 578. The predicted molar refractivity (Wildman–Crippen MR) is 77.4 cm³/mol. The highest BCUT2D eigenvalue weighted by Gasteiger charge is 2.05. The molecule has 94 valence electrons. The number of para-hydroxylation sites is 1. The molecule has 18 heavy (non-hydrogen) atoms. The Morgan fingerprint density at radius 1 is 1.33 bits per heavy atom. The highest BCUT2D eigenvalue weighted by atomic mass is 79.9. The van der Waals surface area contributed by atoms with Gasteiger partial charge in [0.15, 0.2) is 0 Å². The van der Waals surface area contributed by atoms with Crippen LogP contribution in [0.2, 0.25) is 10.2 Å². The number of halogens is 3. The van der Waals surface area contributed by atoms with Crippen molar-refractivity contribution in [3.05, 3.63) is 50.7 Å². The maximum atomic E-state index is 9.76. The smallest absolute Gasteiger partial charge is 0.143 e. The van der Waals surface area contributed by atoms with Gasteiger partial charge >= 0.3 is 0 Å². The minimum Gasteiger partial charge on any atom is -0.506 e. The summed E-state index contributed by atoms with van der Waals surface area (Å²) in [7, 11) is 0. The topological polar surface area (TPSA) is 45.1 Å². The van der Waals surface area contributed by atoms with E-state index in [0.29, 0.717) is 26.8 Å². The Labute approximate surface area is 123 Å². The van der Waals surface area contributed by atoms with Crippen LogP contribution >= 0.6 is 39.1 Å². The third-order valence-electron chi connectivity index (χ3n) is 2.35. The Morgan fingerprint density at radius 2 is 2.11 bits per heavy atom. The predicted octanol–water partition coefficient (Wildman–Crippen LogP) is 4.47. The fourth-order valence-corrected chi connectivity index (χ4v) is 2.06. The molecule has 1 aromatic heterocycles. The van der Waals surface area contributed by atoms with Crippen molar-refractivity contribution in [3.8, 4) is 5.75 Å². The summed E-state index contributed by atoms with van der Waals surface area (Å²) in [6.45, 7) is 0.447. The van der Waals surface area contributed by atoms with Gasteiger partial charge in [0.1, 0.15) is 10.9 Å². The number of hydrogen-bond donors (Lipinski definition) is 2. The van der Waals surface area contributed by atoms with Gasteiger partial charge in [-0.2, -0.15) is 0 Å². The van der Waals surface area contributed by atoms with E-state index in [1.807, 2.05) is 6.07 Å². The Kier molecular flexibility index (Phi) is 4.32. The lowest BCUT2D eigenvalue weighted by Gasteiger charge is -2.09. The maximum absolute atomic E-state index is 9.76. The van der Waals surface area contributed by atoms with Crippen LogP contribution in [0.1, 0.15) is 5.56 Å². The molecule has 0 saturated carbocycles.